The molecule has 0 aromatic rings. The van der Waals surface area contributed by atoms with Crippen LogP contribution in [0.2, 0.25) is 0 Å². The van der Waals surface area contributed by atoms with Crippen molar-refractivity contribution < 1.29 is 9.53 Å². The van der Waals surface area contributed by atoms with E-state index >= 15 is 0 Å². The summed E-state index contributed by atoms with van der Waals surface area (Å²) in [6.45, 7) is 7.78. The van der Waals surface area contributed by atoms with E-state index in [1.807, 2.05) is 0 Å². The van der Waals surface area contributed by atoms with Gasteiger partial charge in [0.25, 0.3) is 0 Å². The lowest BCUT2D eigenvalue weighted by Crippen LogP contribution is -2.38. The first-order valence-electron chi connectivity index (χ1n) is 5.23. The van der Waals surface area contributed by atoms with E-state index in [4.69, 9.17) is 17.0 Å². The summed E-state index contributed by atoms with van der Waals surface area (Å²) in [6, 6.07) is 0. The highest BCUT2D eigenvalue weighted by molar-refractivity contribution is 7.80. The van der Waals surface area contributed by atoms with E-state index in [2.05, 4.69) is 24.5 Å². The Bertz CT molecular complexity index is 208. The van der Waals surface area contributed by atoms with Crippen molar-refractivity contribution in [2.75, 3.05) is 19.7 Å². The highest BCUT2D eigenvalue weighted by Gasteiger charge is 2.02. The van der Waals surface area contributed by atoms with Crippen LogP contribution in [0.5, 0.6) is 0 Å². The minimum atomic E-state index is -0.198. The lowest BCUT2D eigenvalue weighted by molar-refractivity contribution is -0.142. The third-order valence-electron chi connectivity index (χ3n) is 1.59. The van der Waals surface area contributed by atoms with Crippen molar-refractivity contribution in [2.45, 2.75) is 27.2 Å². The largest absolute Gasteiger partial charge is 0.466 e. The summed E-state index contributed by atoms with van der Waals surface area (Å²) in [5, 5.41) is 6.59. The Labute approximate surface area is 96.8 Å². The van der Waals surface area contributed by atoms with E-state index in [0.717, 1.165) is 6.54 Å². The fourth-order valence-electron chi connectivity index (χ4n) is 0.871. The summed E-state index contributed by atoms with van der Waals surface area (Å²) >= 11 is 5.01. The number of rotatable bonds is 6. The van der Waals surface area contributed by atoms with Gasteiger partial charge in [0.05, 0.1) is 13.0 Å². The zero-order valence-corrected chi connectivity index (χ0v) is 10.4. The topological polar surface area (TPSA) is 50.4 Å². The van der Waals surface area contributed by atoms with Gasteiger partial charge < -0.3 is 15.4 Å². The van der Waals surface area contributed by atoms with E-state index in [9.17, 15) is 4.79 Å². The summed E-state index contributed by atoms with van der Waals surface area (Å²) in [6.07, 6.45) is 0.345. The number of hydrogen-bond acceptors (Lipinski definition) is 3. The molecule has 0 unspecified atom stereocenters. The molecule has 4 nitrogen and oxygen atoms in total. The molecule has 0 saturated carbocycles. The molecule has 0 saturated heterocycles. The number of thiocarbonyl (C=S) groups is 1. The second kappa shape index (κ2) is 8.47. The van der Waals surface area contributed by atoms with Gasteiger partial charge in [0.15, 0.2) is 5.11 Å². The van der Waals surface area contributed by atoms with Crippen molar-refractivity contribution in [3.63, 3.8) is 0 Å². The molecule has 0 aromatic heterocycles. The van der Waals surface area contributed by atoms with Gasteiger partial charge in [-0.15, -0.1) is 0 Å². The molecule has 2 N–H and O–H groups in total. The Hall–Kier alpha value is -0.840. The molecule has 0 aliphatic rings. The van der Waals surface area contributed by atoms with Crippen molar-refractivity contribution >= 4 is 23.3 Å². The van der Waals surface area contributed by atoms with Crippen LogP contribution in [0.3, 0.4) is 0 Å². The lowest BCUT2D eigenvalue weighted by Gasteiger charge is -2.11. The van der Waals surface area contributed by atoms with Crippen LogP contribution >= 0.6 is 12.2 Å². The smallest absolute Gasteiger partial charge is 0.307 e. The van der Waals surface area contributed by atoms with Crippen molar-refractivity contribution in [3.8, 4) is 0 Å². The van der Waals surface area contributed by atoms with E-state index in [1.54, 1.807) is 6.92 Å². The van der Waals surface area contributed by atoms with E-state index in [0.29, 0.717) is 30.6 Å². The van der Waals surface area contributed by atoms with Crippen LogP contribution in [0, 0.1) is 5.92 Å². The molecule has 0 rings (SSSR count). The first-order chi connectivity index (χ1) is 7.06. The molecule has 0 fully saturated rings. The fraction of sp³-hybridized carbons (Fsp3) is 0.800. The number of hydrogen-bond donors (Lipinski definition) is 2. The number of ether oxygens (including phenoxy) is 1. The second-order valence-corrected chi connectivity index (χ2v) is 3.99. The van der Waals surface area contributed by atoms with E-state index < -0.39 is 0 Å². The van der Waals surface area contributed by atoms with Crippen LogP contribution in [0.1, 0.15) is 27.2 Å². The highest BCUT2D eigenvalue weighted by Crippen LogP contribution is 1.87. The van der Waals surface area contributed by atoms with Gasteiger partial charge >= 0.3 is 5.97 Å². The Morgan fingerprint density at radius 3 is 2.60 bits per heavy atom. The minimum absolute atomic E-state index is 0.198. The molecular formula is C10H20N2O2S. The predicted octanol–water partition coefficient (Wildman–Crippen LogP) is 1.06. The molecule has 0 spiro atoms. The maximum absolute atomic E-state index is 11.0. The average molecular weight is 232 g/mol. The van der Waals surface area contributed by atoms with Crippen molar-refractivity contribution in [2.24, 2.45) is 5.92 Å². The van der Waals surface area contributed by atoms with Gasteiger partial charge in [0.2, 0.25) is 0 Å². The highest BCUT2D eigenvalue weighted by atomic mass is 32.1. The maximum atomic E-state index is 11.0. The van der Waals surface area contributed by atoms with Crippen molar-refractivity contribution in [3.05, 3.63) is 0 Å². The summed E-state index contributed by atoms with van der Waals surface area (Å²) in [5.74, 6) is 0.353. The molecule has 0 heterocycles. The Morgan fingerprint density at radius 2 is 2.07 bits per heavy atom. The summed E-state index contributed by atoms with van der Waals surface area (Å²) in [4.78, 5) is 11.0. The SMILES string of the molecule is CCOC(=O)CCNC(=S)NCC(C)C. The molecule has 15 heavy (non-hydrogen) atoms. The van der Waals surface area contributed by atoms with Crippen molar-refractivity contribution in [1.82, 2.24) is 10.6 Å². The van der Waals surface area contributed by atoms with Gasteiger partial charge in [-0.2, -0.15) is 0 Å². The van der Waals surface area contributed by atoms with Gasteiger partial charge in [-0.1, -0.05) is 13.8 Å². The van der Waals surface area contributed by atoms with Crippen LogP contribution in [0.4, 0.5) is 0 Å². The number of carbonyl (C=O) groups excluding carboxylic acids is 1. The average Bonchev–Trinajstić information content (AvgIpc) is 2.15. The number of carbonyl (C=O) groups is 1. The van der Waals surface area contributed by atoms with Crippen LogP contribution < -0.4 is 10.6 Å². The molecule has 0 aromatic carbocycles. The molecule has 0 amide bonds. The summed E-state index contributed by atoms with van der Waals surface area (Å²) in [7, 11) is 0. The molecule has 0 aliphatic carbocycles. The van der Waals surface area contributed by atoms with Gasteiger partial charge in [-0.3, -0.25) is 4.79 Å². The van der Waals surface area contributed by atoms with Crippen LogP contribution in [0.15, 0.2) is 0 Å². The zero-order valence-electron chi connectivity index (χ0n) is 9.63. The summed E-state index contributed by atoms with van der Waals surface area (Å²) < 4.78 is 4.78. The van der Waals surface area contributed by atoms with E-state index in [1.165, 1.54) is 0 Å². The molecular weight excluding hydrogens is 212 g/mol. The normalized spacial score (nSPS) is 9.87. The molecule has 0 radical (unpaired) electrons. The molecule has 0 bridgehead atoms. The Balaban J connectivity index is 3.42. The standard InChI is InChI=1S/C10H20N2O2S/c1-4-14-9(13)5-6-11-10(15)12-7-8(2)3/h8H,4-7H2,1-3H3,(H2,11,12,15). The van der Waals surface area contributed by atoms with Gasteiger partial charge in [-0.25, -0.2) is 0 Å². The molecule has 0 atom stereocenters. The third-order valence-corrected chi connectivity index (χ3v) is 1.88. The molecule has 0 aliphatic heterocycles. The lowest BCUT2D eigenvalue weighted by atomic mass is 10.2. The predicted molar refractivity (Wildman–Crippen MR) is 64.7 cm³/mol. The number of esters is 1. The first kappa shape index (κ1) is 14.2. The quantitative estimate of drug-likeness (QED) is 0.530. The first-order valence-corrected chi connectivity index (χ1v) is 5.64. The second-order valence-electron chi connectivity index (χ2n) is 3.59. The van der Waals surface area contributed by atoms with E-state index in [-0.39, 0.29) is 5.97 Å². The van der Waals surface area contributed by atoms with Gasteiger partial charge in [-0.05, 0) is 25.1 Å². The molecule has 5 heteroatoms. The zero-order chi connectivity index (χ0) is 11.7. The Morgan fingerprint density at radius 1 is 1.40 bits per heavy atom. The van der Waals surface area contributed by atoms with Gasteiger partial charge in [0, 0.05) is 13.1 Å². The minimum Gasteiger partial charge on any atom is -0.466 e. The monoisotopic (exact) mass is 232 g/mol. The van der Waals surface area contributed by atoms with Crippen LogP contribution in [-0.2, 0) is 9.53 Å². The van der Waals surface area contributed by atoms with Crippen LogP contribution in [-0.4, -0.2) is 30.8 Å². The number of nitrogens with one attached hydrogen (secondary N) is 2. The Kier molecular flexibility index (Phi) is 7.99. The van der Waals surface area contributed by atoms with Gasteiger partial charge in [0.1, 0.15) is 0 Å². The fourth-order valence-corrected chi connectivity index (χ4v) is 1.06. The van der Waals surface area contributed by atoms with Crippen LogP contribution in [0.25, 0.3) is 0 Å². The third kappa shape index (κ3) is 9.46. The maximum Gasteiger partial charge on any atom is 0.307 e. The summed E-state index contributed by atoms with van der Waals surface area (Å²) in [5.41, 5.74) is 0. The molecule has 88 valence electrons. The van der Waals surface area contributed by atoms with Crippen molar-refractivity contribution in [1.29, 1.82) is 0 Å².